The highest BCUT2D eigenvalue weighted by molar-refractivity contribution is 6.03. The number of carbonyl (C=O) groups excluding carboxylic acids is 2. The number of aromatic amines is 1. The van der Waals surface area contributed by atoms with Gasteiger partial charge in [-0.25, -0.2) is 0 Å². The van der Waals surface area contributed by atoms with E-state index in [9.17, 15) is 9.59 Å². The molecule has 0 bridgehead atoms. The SMILES string of the molecule is CC1Cc2c(C(=O)N[C@H]3COc4ccccc4N(C)C3=O)n[nH]c2CO1. The predicted octanol–water partition coefficient (Wildman–Crippen LogP) is 1.02. The lowest BCUT2D eigenvalue weighted by Crippen LogP contribution is -2.49. The third-order valence-electron chi connectivity index (χ3n) is 4.74. The summed E-state index contributed by atoms with van der Waals surface area (Å²) in [6.45, 7) is 2.42. The Labute approximate surface area is 150 Å². The minimum atomic E-state index is -0.787. The van der Waals surface area contributed by atoms with E-state index in [4.69, 9.17) is 9.47 Å². The Morgan fingerprint density at radius 3 is 3.04 bits per heavy atom. The number of nitrogens with one attached hydrogen (secondary N) is 2. The van der Waals surface area contributed by atoms with Crippen LogP contribution < -0.4 is 15.0 Å². The van der Waals surface area contributed by atoms with Crippen molar-refractivity contribution in [3.63, 3.8) is 0 Å². The van der Waals surface area contributed by atoms with Gasteiger partial charge >= 0.3 is 0 Å². The Kier molecular flexibility index (Phi) is 4.12. The Bertz CT molecular complexity index is 863. The molecule has 0 spiro atoms. The van der Waals surface area contributed by atoms with Crippen LogP contribution in [0.3, 0.4) is 0 Å². The van der Waals surface area contributed by atoms with Gasteiger partial charge in [-0.3, -0.25) is 14.7 Å². The van der Waals surface area contributed by atoms with Crippen LogP contribution in [0, 0.1) is 0 Å². The summed E-state index contributed by atoms with van der Waals surface area (Å²) in [6, 6.07) is 6.50. The summed E-state index contributed by atoms with van der Waals surface area (Å²) in [5.41, 5.74) is 2.64. The first-order valence-corrected chi connectivity index (χ1v) is 8.52. The summed E-state index contributed by atoms with van der Waals surface area (Å²) in [6.07, 6.45) is 0.629. The Hall–Kier alpha value is -2.87. The van der Waals surface area contributed by atoms with Crippen molar-refractivity contribution in [2.75, 3.05) is 18.6 Å². The number of carbonyl (C=O) groups is 2. The highest BCUT2D eigenvalue weighted by atomic mass is 16.5. The lowest BCUT2D eigenvalue weighted by Gasteiger charge is -2.21. The normalized spacial score (nSPS) is 22.1. The number of benzene rings is 1. The van der Waals surface area contributed by atoms with Crippen molar-refractivity contribution in [1.29, 1.82) is 0 Å². The average molecular weight is 356 g/mol. The van der Waals surface area contributed by atoms with E-state index in [0.717, 1.165) is 11.3 Å². The van der Waals surface area contributed by atoms with Gasteiger partial charge in [0.1, 0.15) is 18.4 Å². The van der Waals surface area contributed by atoms with Gasteiger partial charge in [0, 0.05) is 19.0 Å². The van der Waals surface area contributed by atoms with Crippen molar-refractivity contribution in [2.24, 2.45) is 0 Å². The predicted molar refractivity (Wildman–Crippen MR) is 93.1 cm³/mol. The van der Waals surface area contributed by atoms with Crippen molar-refractivity contribution in [2.45, 2.75) is 32.1 Å². The second kappa shape index (κ2) is 6.45. The third-order valence-corrected chi connectivity index (χ3v) is 4.74. The molecule has 3 heterocycles. The molecule has 8 nitrogen and oxygen atoms in total. The van der Waals surface area contributed by atoms with Gasteiger partial charge in [-0.05, 0) is 19.1 Å². The van der Waals surface area contributed by atoms with Gasteiger partial charge in [-0.1, -0.05) is 12.1 Å². The van der Waals surface area contributed by atoms with Crippen molar-refractivity contribution in [3.05, 3.63) is 41.2 Å². The highest BCUT2D eigenvalue weighted by Crippen LogP contribution is 2.30. The maximum Gasteiger partial charge on any atom is 0.272 e. The van der Waals surface area contributed by atoms with E-state index in [1.54, 1.807) is 13.1 Å². The van der Waals surface area contributed by atoms with E-state index in [0.29, 0.717) is 30.2 Å². The van der Waals surface area contributed by atoms with E-state index >= 15 is 0 Å². The van der Waals surface area contributed by atoms with Crippen LogP contribution in [0.1, 0.15) is 28.7 Å². The molecule has 0 saturated heterocycles. The lowest BCUT2D eigenvalue weighted by atomic mass is 10.0. The number of aromatic nitrogens is 2. The number of hydrogen-bond donors (Lipinski definition) is 2. The van der Waals surface area contributed by atoms with Gasteiger partial charge in [-0.15, -0.1) is 0 Å². The van der Waals surface area contributed by atoms with Gasteiger partial charge in [0.25, 0.3) is 11.8 Å². The van der Waals surface area contributed by atoms with Crippen molar-refractivity contribution < 1.29 is 19.1 Å². The first-order valence-electron chi connectivity index (χ1n) is 8.52. The number of anilines is 1. The quantitative estimate of drug-likeness (QED) is 0.838. The minimum Gasteiger partial charge on any atom is -0.489 e. The molecular formula is C18H20N4O4. The van der Waals surface area contributed by atoms with Crippen LogP contribution in [0.2, 0.25) is 0 Å². The largest absolute Gasteiger partial charge is 0.489 e. The molecule has 2 aliphatic heterocycles. The second-order valence-corrected chi connectivity index (χ2v) is 6.56. The van der Waals surface area contributed by atoms with E-state index in [-0.39, 0.29) is 18.6 Å². The number of amides is 2. The standard InChI is InChI=1S/C18H20N4O4/c1-10-7-11-12(8-25-10)20-21-16(11)17(23)19-13-9-26-15-6-4-3-5-14(15)22(2)18(13)24/h3-6,10,13H,7-9H2,1-2H3,(H,19,23)(H,20,21)/t10?,13-/m0/s1. The van der Waals surface area contributed by atoms with E-state index in [2.05, 4.69) is 15.5 Å². The summed E-state index contributed by atoms with van der Waals surface area (Å²) < 4.78 is 11.3. The summed E-state index contributed by atoms with van der Waals surface area (Å²) in [4.78, 5) is 27.0. The van der Waals surface area contributed by atoms with E-state index in [1.165, 1.54) is 4.90 Å². The molecule has 1 unspecified atom stereocenters. The third kappa shape index (κ3) is 2.82. The van der Waals surface area contributed by atoms with E-state index in [1.807, 2.05) is 25.1 Å². The van der Waals surface area contributed by atoms with Crippen LogP contribution in [0.15, 0.2) is 24.3 Å². The first-order chi connectivity index (χ1) is 12.5. The van der Waals surface area contributed by atoms with Gasteiger partial charge in [0.2, 0.25) is 0 Å². The summed E-state index contributed by atoms with van der Waals surface area (Å²) in [5.74, 6) is -0.00877. The molecule has 0 saturated carbocycles. The monoisotopic (exact) mass is 356 g/mol. The van der Waals surface area contributed by atoms with Crippen LogP contribution in [-0.4, -0.2) is 47.8 Å². The number of H-pyrrole nitrogens is 1. The van der Waals surface area contributed by atoms with Crippen LogP contribution >= 0.6 is 0 Å². The van der Waals surface area contributed by atoms with Crippen LogP contribution in [0.4, 0.5) is 5.69 Å². The molecule has 1 aromatic heterocycles. The fourth-order valence-electron chi connectivity index (χ4n) is 3.28. The van der Waals surface area contributed by atoms with Crippen molar-refractivity contribution >= 4 is 17.5 Å². The summed E-state index contributed by atoms with van der Waals surface area (Å²) >= 11 is 0. The highest BCUT2D eigenvalue weighted by Gasteiger charge is 2.32. The topological polar surface area (TPSA) is 96.5 Å². The first kappa shape index (κ1) is 16.6. The molecule has 8 heteroatoms. The molecule has 2 amide bonds. The molecule has 136 valence electrons. The molecule has 0 fully saturated rings. The van der Waals surface area contributed by atoms with Crippen LogP contribution in [0.5, 0.6) is 5.75 Å². The maximum atomic E-state index is 12.7. The second-order valence-electron chi connectivity index (χ2n) is 6.56. The number of nitrogens with zero attached hydrogens (tertiary/aromatic N) is 2. The Morgan fingerprint density at radius 2 is 2.19 bits per heavy atom. The molecule has 1 aromatic carbocycles. The van der Waals surface area contributed by atoms with Crippen LogP contribution in [0.25, 0.3) is 0 Å². The number of likely N-dealkylation sites (N-methyl/N-ethyl adjacent to an activating group) is 1. The van der Waals surface area contributed by atoms with Crippen molar-refractivity contribution in [3.8, 4) is 5.75 Å². The molecule has 2 aliphatic rings. The van der Waals surface area contributed by atoms with E-state index < -0.39 is 11.9 Å². The zero-order chi connectivity index (χ0) is 18.3. The number of fused-ring (bicyclic) bond motifs is 2. The summed E-state index contributed by atoms with van der Waals surface area (Å²) in [7, 11) is 1.67. The van der Waals surface area contributed by atoms with Gasteiger partial charge < -0.3 is 19.7 Å². The lowest BCUT2D eigenvalue weighted by molar-refractivity contribution is -0.120. The smallest absolute Gasteiger partial charge is 0.272 e. The number of rotatable bonds is 2. The summed E-state index contributed by atoms with van der Waals surface area (Å²) in [5, 5.41) is 9.73. The molecule has 2 atom stereocenters. The Morgan fingerprint density at radius 1 is 1.38 bits per heavy atom. The van der Waals surface area contributed by atoms with Gasteiger partial charge in [0.15, 0.2) is 5.69 Å². The number of para-hydroxylation sites is 2. The van der Waals surface area contributed by atoms with Gasteiger partial charge in [-0.2, -0.15) is 5.10 Å². The molecular weight excluding hydrogens is 336 g/mol. The molecule has 0 radical (unpaired) electrons. The van der Waals surface area contributed by atoms with Crippen LogP contribution in [-0.2, 0) is 22.6 Å². The molecule has 26 heavy (non-hydrogen) atoms. The molecule has 0 aliphatic carbocycles. The van der Waals surface area contributed by atoms with Gasteiger partial charge in [0.05, 0.1) is 24.1 Å². The molecule has 2 N–H and O–H groups in total. The zero-order valence-corrected chi connectivity index (χ0v) is 14.6. The molecule has 4 rings (SSSR count). The Balaban J connectivity index is 1.54. The number of hydrogen-bond acceptors (Lipinski definition) is 5. The fourth-order valence-corrected chi connectivity index (χ4v) is 3.28. The zero-order valence-electron chi connectivity index (χ0n) is 14.6. The fraction of sp³-hybridized carbons (Fsp3) is 0.389. The van der Waals surface area contributed by atoms with Crippen molar-refractivity contribution in [1.82, 2.24) is 15.5 Å². The minimum absolute atomic E-state index is 0.0233. The average Bonchev–Trinajstić information content (AvgIpc) is 3.02. The molecule has 2 aromatic rings. The maximum absolute atomic E-state index is 12.7. The number of ether oxygens (including phenoxy) is 2.